The molecule has 1 aromatic heterocycles. The molecule has 0 amide bonds. The van der Waals surface area contributed by atoms with E-state index in [1.807, 2.05) is 12.1 Å². The highest BCUT2D eigenvalue weighted by atomic mass is 32.1. The predicted octanol–water partition coefficient (Wildman–Crippen LogP) is 3.85. The van der Waals surface area contributed by atoms with Crippen molar-refractivity contribution >= 4 is 28.1 Å². The van der Waals surface area contributed by atoms with Crippen LogP contribution in [0.25, 0.3) is 0 Å². The lowest BCUT2D eigenvalue weighted by molar-refractivity contribution is 0.0701. The van der Waals surface area contributed by atoms with Crippen molar-refractivity contribution in [2.24, 2.45) is 0 Å². The van der Waals surface area contributed by atoms with Crippen molar-refractivity contribution in [3.63, 3.8) is 0 Å². The third-order valence-corrected chi connectivity index (χ3v) is 3.80. The van der Waals surface area contributed by atoms with Gasteiger partial charge in [0.15, 0.2) is 5.13 Å². The summed E-state index contributed by atoms with van der Waals surface area (Å²) >= 11 is 1.16. The number of anilines is 2. The molecule has 2 N–H and O–H groups in total. The number of nitrogens with one attached hydrogen (secondary N) is 1. The lowest BCUT2D eigenvalue weighted by Crippen LogP contribution is -1.94. The van der Waals surface area contributed by atoms with Gasteiger partial charge in [0.25, 0.3) is 0 Å². The van der Waals surface area contributed by atoms with E-state index in [0.717, 1.165) is 29.9 Å². The van der Waals surface area contributed by atoms with Crippen LogP contribution in [0.15, 0.2) is 24.3 Å². The minimum Gasteiger partial charge on any atom is -0.477 e. The van der Waals surface area contributed by atoms with Crippen molar-refractivity contribution in [1.82, 2.24) is 4.98 Å². The molecule has 0 aliphatic carbocycles. The maximum Gasteiger partial charge on any atom is 0.347 e. The summed E-state index contributed by atoms with van der Waals surface area (Å²) in [6.45, 7) is 3.85. The lowest BCUT2D eigenvalue weighted by atomic mass is 10.1. The van der Waals surface area contributed by atoms with Crippen LogP contribution in [0.2, 0.25) is 0 Å². The fourth-order valence-corrected chi connectivity index (χ4v) is 2.64. The summed E-state index contributed by atoms with van der Waals surface area (Å²) in [4.78, 5) is 15.4. The molecule has 100 valence electrons. The van der Waals surface area contributed by atoms with E-state index in [1.54, 1.807) is 6.92 Å². The van der Waals surface area contributed by atoms with Gasteiger partial charge in [0.1, 0.15) is 4.88 Å². The molecule has 1 aromatic carbocycles. The van der Waals surface area contributed by atoms with Crippen LogP contribution in [-0.2, 0) is 6.42 Å². The predicted molar refractivity (Wildman–Crippen MR) is 77.5 cm³/mol. The molecule has 0 bridgehead atoms. The Kier molecular flexibility index (Phi) is 4.16. The Morgan fingerprint density at radius 3 is 2.58 bits per heavy atom. The number of carbonyl (C=O) groups is 1. The maximum atomic E-state index is 10.9. The van der Waals surface area contributed by atoms with Gasteiger partial charge >= 0.3 is 5.97 Å². The zero-order valence-electron chi connectivity index (χ0n) is 10.9. The number of hydrogen-bond donors (Lipinski definition) is 2. The smallest absolute Gasteiger partial charge is 0.347 e. The molecule has 19 heavy (non-hydrogen) atoms. The minimum atomic E-state index is -0.929. The van der Waals surface area contributed by atoms with Crippen molar-refractivity contribution in [3.05, 3.63) is 40.4 Å². The summed E-state index contributed by atoms with van der Waals surface area (Å²) in [5.41, 5.74) is 2.77. The number of thiazole rings is 1. The number of aromatic nitrogens is 1. The average Bonchev–Trinajstić information content (AvgIpc) is 2.73. The summed E-state index contributed by atoms with van der Waals surface area (Å²) in [5.74, 6) is -0.929. The summed E-state index contributed by atoms with van der Waals surface area (Å²) in [7, 11) is 0. The fraction of sp³-hybridized carbons (Fsp3) is 0.286. The zero-order valence-corrected chi connectivity index (χ0v) is 11.8. The number of rotatable bonds is 5. The number of nitrogens with zero attached hydrogens (tertiary/aromatic N) is 1. The number of aromatic carboxylic acids is 1. The number of aryl methyl sites for hydroxylation is 2. The largest absolute Gasteiger partial charge is 0.477 e. The van der Waals surface area contributed by atoms with E-state index in [2.05, 4.69) is 29.4 Å². The highest BCUT2D eigenvalue weighted by Gasteiger charge is 2.13. The van der Waals surface area contributed by atoms with E-state index in [9.17, 15) is 4.79 Å². The van der Waals surface area contributed by atoms with Gasteiger partial charge in [-0.25, -0.2) is 9.78 Å². The SMILES string of the molecule is CCCc1ccc(Nc2nc(C)c(C(=O)O)s2)cc1. The van der Waals surface area contributed by atoms with E-state index >= 15 is 0 Å². The Bertz CT molecular complexity index is 576. The van der Waals surface area contributed by atoms with Gasteiger partial charge in [-0.2, -0.15) is 0 Å². The normalized spacial score (nSPS) is 10.4. The first-order valence-electron chi connectivity index (χ1n) is 6.17. The molecule has 0 radical (unpaired) electrons. The van der Waals surface area contributed by atoms with E-state index < -0.39 is 5.97 Å². The molecular formula is C14H16N2O2S. The number of carboxylic acid groups (broad SMARTS) is 1. The quantitative estimate of drug-likeness (QED) is 0.870. The molecule has 0 saturated carbocycles. The fourth-order valence-electron chi connectivity index (χ4n) is 1.82. The van der Waals surface area contributed by atoms with Gasteiger partial charge in [0.2, 0.25) is 0 Å². The van der Waals surface area contributed by atoms with E-state index in [-0.39, 0.29) is 4.88 Å². The lowest BCUT2D eigenvalue weighted by Gasteiger charge is -2.03. The minimum absolute atomic E-state index is 0.283. The Morgan fingerprint density at radius 1 is 1.37 bits per heavy atom. The Hall–Kier alpha value is -1.88. The Labute approximate surface area is 116 Å². The molecule has 1 heterocycles. The van der Waals surface area contributed by atoms with E-state index in [1.165, 1.54) is 5.56 Å². The molecule has 0 aliphatic rings. The van der Waals surface area contributed by atoms with Crippen LogP contribution in [0.1, 0.15) is 34.3 Å². The molecule has 0 saturated heterocycles. The van der Waals surface area contributed by atoms with Crippen LogP contribution in [0.3, 0.4) is 0 Å². The molecule has 0 fully saturated rings. The standard InChI is InChI=1S/C14H16N2O2S/c1-3-4-10-5-7-11(8-6-10)16-14-15-9(2)12(19-14)13(17)18/h5-8H,3-4H2,1-2H3,(H,15,16)(H,17,18). The summed E-state index contributed by atoms with van der Waals surface area (Å²) in [6.07, 6.45) is 2.19. The monoisotopic (exact) mass is 276 g/mol. The third kappa shape index (κ3) is 3.32. The topological polar surface area (TPSA) is 62.2 Å². The summed E-state index contributed by atoms with van der Waals surface area (Å²) < 4.78 is 0. The van der Waals surface area contributed by atoms with Crippen LogP contribution in [-0.4, -0.2) is 16.1 Å². The van der Waals surface area contributed by atoms with Crippen molar-refractivity contribution < 1.29 is 9.90 Å². The number of hydrogen-bond acceptors (Lipinski definition) is 4. The van der Waals surface area contributed by atoms with E-state index in [4.69, 9.17) is 5.11 Å². The highest BCUT2D eigenvalue weighted by molar-refractivity contribution is 7.17. The molecular weight excluding hydrogens is 260 g/mol. The van der Waals surface area contributed by atoms with Gasteiger partial charge in [-0.1, -0.05) is 36.8 Å². The maximum absolute atomic E-state index is 10.9. The molecule has 0 spiro atoms. The second kappa shape index (κ2) is 5.84. The number of carboxylic acids is 1. The van der Waals surface area contributed by atoms with Gasteiger partial charge in [0.05, 0.1) is 5.69 Å². The van der Waals surface area contributed by atoms with Crippen molar-refractivity contribution in [1.29, 1.82) is 0 Å². The molecule has 0 aliphatic heterocycles. The third-order valence-electron chi connectivity index (χ3n) is 2.73. The molecule has 0 atom stereocenters. The van der Waals surface area contributed by atoms with Gasteiger partial charge in [-0.15, -0.1) is 0 Å². The molecule has 2 rings (SSSR count). The second-order valence-corrected chi connectivity index (χ2v) is 5.31. The van der Waals surface area contributed by atoms with Crippen LogP contribution in [0.5, 0.6) is 0 Å². The first-order chi connectivity index (χ1) is 9.10. The Morgan fingerprint density at radius 2 is 2.05 bits per heavy atom. The first kappa shape index (κ1) is 13.5. The summed E-state index contributed by atoms with van der Waals surface area (Å²) in [6, 6.07) is 8.12. The zero-order chi connectivity index (χ0) is 13.8. The van der Waals surface area contributed by atoms with Crippen LogP contribution in [0, 0.1) is 6.92 Å². The van der Waals surface area contributed by atoms with Gasteiger partial charge in [-0.05, 0) is 31.0 Å². The Balaban J connectivity index is 2.12. The van der Waals surface area contributed by atoms with Gasteiger partial charge in [0, 0.05) is 5.69 Å². The molecule has 0 unspecified atom stereocenters. The van der Waals surface area contributed by atoms with Crippen molar-refractivity contribution in [2.45, 2.75) is 26.7 Å². The first-order valence-corrected chi connectivity index (χ1v) is 6.98. The van der Waals surface area contributed by atoms with Crippen LogP contribution < -0.4 is 5.32 Å². The van der Waals surface area contributed by atoms with Gasteiger partial charge in [-0.3, -0.25) is 0 Å². The van der Waals surface area contributed by atoms with Crippen LogP contribution >= 0.6 is 11.3 Å². The van der Waals surface area contributed by atoms with Crippen molar-refractivity contribution in [3.8, 4) is 0 Å². The van der Waals surface area contributed by atoms with Crippen molar-refractivity contribution in [2.75, 3.05) is 5.32 Å². The second-order valence-electron chi connectivity index (χ2n) is 4.31. The summed E-state index contributed by atoms with van der Waals surface area (Å²) in [5, 5.41) is 12.7. The van der Waals surface area contributed by atoms with Gasteiger partial charge < -0.3 is 10.4 Å². The highest BCUT2D eigenvalue weighted by Crippen LogP contribution is 2.25. The average molecular weight is 276 g/mol. The van der Waals surface area contributed by atoms with Crippen LogP contribution in [0.4, 0.5) is 10.8 Å². The molecule has 5 heteroatoms. The van der Waals surface area contributed by atoms with E-state index in [0.29, 0.717) is 10.8 Å². The molecule has 2 aromatic rings. The molecule has 4 nitrogen and oxygen atoms in total. The number of benzene rings is 1.